The molecule has 0 aliphatic heterocycles. The van der Waals surface area contributed by atoms with Gasteiger partial charge in [0.1, 0.15) is 5.58 Å². The molecule has 0 saturated heterocycles. The number of fused-ring (bicyclic) bond motifs is 1. The second kappa shape index (κ2) is 5.69. The van der Waals surface area contributed by atoms with Crippen LogP contribution in [-0.4, -0.2) is 13.7 Å². The van der Waals surface area contributed by atoms with E-state index in [4.69, 9.17) is 14.9 Å². The molecule has 0 unspecified atom stereocenters. The molecule has 0 spiro atoms. The minimum absolute atomic E-state index is 0.228. The summed E-state index contributed by atoms with van der Waals surface area (Å²) in [4.78, 5) is 12.2. The van der Waals surface area contributed by atoms with Gasteiger partial charge in [-0.05, 0) is 26.0 Å². The van der Waals surface area contributed by atoms with Gasteiger partial charge in [0, 0.05) is 18.0 Å². The zero-order chi connectivity index (χ0) is 14.7. The highest BCUT2D eigenvalue weighted by atomic mass is 16.5. The Morgan fingerprint density at radius 2 is 2.10 bits per heavy atom. The average molecular weight is 274 g/mol. The number of nitrogens with one attached hydrogen (secondary N) is 1. The molecule has 3 N–H and O–H groups in total. The Hall–Kier alpha value is -2.43. The lowest BCUT2D eigenvalue weighted by atomic mass is 10.0. The summed E-state index contributed by atoms with van der Waals surface area (Å²) in [7, 11) is 1.76. The summed E-state index contributed by atoms with van der Waals surface area (Å²) in [5, 5.41) is 3.88. The van der Waals surface area contributed by atoms with Crippen molar-refractivity contribution in [1.29, 1.82) is 0 Å². The van der Waals surface area contributed by atoms with Crippen LogP contribution >= 0.6 is 0 Å². The molecule has 1 aromatic heterocycles. The number of para-hydroxylation sites is 1. The molecule has 2 aromatic rings. The summed E-state index contributed by atoms with van der Waals surface area (Å²) in [6.45, 7) is 4.02. The third-order valence-electron chi connectivity index (χ3n) is 3.11. The van der Waals surface area contributed by atoms with Gasteiger partial charge >= 0.3 is 5.63 Å². The van der Waals surface area contributed by atoms with E-state index < -0.39 is 5.63 Å². The molecule has 106 valence electrons. The normalized spacial score (nSPS) is 12.2. The lowest BCUT2D eigenvalue weighted by molar-refractivity contribution is 0.228. The number of hydrogen-bond acceptors (Lipinski definition) is 5. The van der Waals surface area contributed by atoms with E-state index in [0.717, 1.165) is 5.39 Å². The van der Waals surface area contributed by atoms with Crippen LogP contribution < -0.4 is 16.7 Å². The molecule has 20 heavy (non-hydrogen) atoms. The Labute approximate surface area is 117 Å². The van der Waals surface area contributed by atoms with Gasteiger partial charge in [0.25, 0.3) is 0 Å². The Balaban J connectivity index is 2.79. The fourth-order valence-corrected chi connectivity index (χ4v) is 2.14. The summed E-state index contributed by atoms with van der Waals surface area (Å²) in [5.74, 6) is 0.228. The van der Waals surface area contributed by atoms with Gasteiger partial charge in [0.15, 0.2) is 5.88 Å². The second-order valence-corrected chi connectivity index (χ2v) is 4.31. The van der Waals surface area contributed by atoms with E-state index in [1.807, 2.05) is 25.1 Å². The van der Waals surface area contributed by atoms with E-state index >= 15 is 0 Å². The third-order valence-corrected chi connectivity index (χ3v) is 3.11. The Morgan fingerprint density at radius 3 is 2.75 bits per heavy atom. The molecule has 0 bridgehead atoms. The summed E-state index contributed by atoms with van der Waals surface area (Å²) < 4.78 is 10.6. The van der Waals surface area contributed by atoms with Crippen molar-refractivity contribution in [1.82, 2.24) is 0 Å². The van der Waals surface area contributed by atoms with Crippen molar-refractivity contribution in [3.8, 4) is 0 Å². The van der Waals surface area contributed by atoms with E-state index in [-0.39, 0.29) is 5.88 Å². The summed E-state index contributed by atoms with van der Waals surface area (Å²) in [6.07, 6.45) is 0. The zero-order valence-corrected chi connectivity index (χ0v) is 11.8. The fraction of sp³-hybridized carbons (Fsp3) is 0.267. The van der Waals surface area contributed by atoms with Crippen LogP contribution in [0.3, 0.4) is 0 Å². The predicted octanol–water partition coefficient (Wildman–Crippen LogP) is 2.52. The van der Waals surface area contributed by atoms with E-state index in [1.54, 1.807) is 20.0 Å². The van der Waals surface area contributed by atoms with Crippen LogP contribution in [0.1, 0.15) is 19.4 Å². The molecule has 0 fully saturated rings. The second-order valence-electron chi connectivity index (χ2n) is 4.31. The Bertz CT molecular complexity index is 717. The molecular weight excluding hydrogens is 256 g/mol. The highest BCUT2D eigenvalue weighted by molar-refractivity contribution is 5.95. The van der Waals surface area contributed by atoms with Crippen molar-refractivity contribution in [2.75, 3.05) is 19.0 Å². The molecule has 0 aliphatic rings. The first kappa shape index (κ1) is 14.0. The number of ether oxygens (including phenoxy) is 1. The minimum Gasteiger partial charge on any atom is -0.479 e. The summed E-state index contributed by atoms with van der Waals surface area (Å²) >= 11 is 0. The van der Waals surface area contributed by atoms with Gasteiger partial charge in [-0.3, -0.25) is 0 Å². The van der Waals surface area contributed by atoms with E-state index in [2.05, 4.69) is 5.32 Å². The number of rotatable bonds is 4. The molecule has 5 nitrogen and oxygen atoms in total. The topological polar surface area (TPSA) is 77.5 Å². The summed E-state index contributed by atoms with van der Waals surface area (Å²) in [5.41, 5.74) is 7.60. The highest BCUT2D eigenvalue weighted by Crippen LogP contribution is 2.29. The van der Waals surface area contributed by atoms with Crippen LogP contribution in [0.25, 0.3) is 16.5 Å². The van der Waals surface area contributed by atoms with Gasteiger partial charge in [-0.25, -0.2) is 4.79 Å². The van der Waals surface area contributed by atoms with Crippen LogP contribution in [0.2, 0.25) is 0 Å². The number of anilines is 1. The van der Waals surface area contributed by atoms with Crippen LogP contribution in [0, 0.1) is 0 Å². The summed E-state index contributed by atoms with van der Waals surface area (Å²) in [6, 6.07) is 7.35. The van der Waals surface area contributed by atoms with Crippen LogP contribution in [0.15, 0.2) is 39.4 Å². The number of benzene rings is 1. The lowest BCUT2D eigenvalue weighted by Crippen LogP contribution is -2.14. The maximum Gasteiger partial charge on any atom is 0.346 e. The number of hydrogen-bond donors (Lipinski definition) is 2. The third kappa shape index (κ3) is 2.34. The van der Waals surface area contributed by atoms with Crippen molar-refractivity contribution in [3.05, 3.63) is 46.1 Å². The first-order chi connectivity index (χ1) is 9.60. The average Bonchev–Trinajstić information content (AvgIpc) is 2.45. The van der Waals surface area contributed by atoms with Gasteiger partial charge in [-0.1, -0.05) is 12.1 Å². The molecule has 0 amide bonds. The Morgan fingerprint density at radius 1 is 1.40 bits per heavy atom. The maximum absolute atomic E-state index is 12.2. The van der Waals surface area contributed by atoms with Gasteiger partial charge < -0.3 is 20.2 Å². The highest BCUT2D eigenvalue weighted by Gasteiger charge is 2.17. The van der Waals surface area contributed by atoms with Gasteiger partial charge in [-0.2, -0.15) is 0 Å². The molecule has 0 radical (unpaired) electrons. The molecule has 0 atom stereocenters. The molecule has 5 heteroatoms. The maximum atomic E-state index is 12.2. The largest absolute Gasteiger partial charge is 0.479 e. The van der Waals surface area contributed by atoms with Gasteiger partial charge in [-0.15, -0.1) is 0 Å². The van der Waals surface area contributed by atoms with Gasteiger partial charge in [0.05, 0.1) is 17.9 Å². The fourth-order valence-electron chi connectivity index (χ4n) is 2.14. The standard InChI is InChI=1S/C15H18N2O3/c1-4-19-14(16)9(2)12-13(17-3)10-7-5-6-8-11(10)20-15(12)18/h5-8,17H,4,16H2,1-3H3/b14-9+. The molecule has 0 aliphatic carbocycles. The van der Waals surface area contributed by atoms with Crippen molar-refractivity contribution in [2.45, 2.75) is 13.8 Å². The SMILES string of the molecule is CCO/C(N)=C(\C)c1c(NC)c2ccccc2oc1=O. The van der Waals surface area contributed by atoms with E-state index in [0.29, 0.717) is 29.0 Å². The van der Waals surface area contributed by atoms with Crippen molar-refractivity contribution in [3.63, 3.8) is 0 Å². The van der Waals surface area contributed by atoms with Crippen molar-refractivity contribution in [2.24, 2.45) is 5.73 Å². The monoisotopic (exact) mass is 274 g/mol. The molecule has 1 heterocycles. The predicted molar refractivity (Wildman–Crippen MR) is 80.4 cm³/mol. The molecule has 2 rings (SSSR count). The van der Waals surface area contributed by atoms with E-state index in [1.165, 1.54) is 0 Å². The first-order valence-corrected chi connectivity index (χ1v) is 6.43. The quantitative estimate of drug-likeness (QED) is 0.661. The first-order valence-electron chi connectivity index (χ1n) is 6.43. The molecule has 1 aromatic carbocycles. The van der Waals surface area contributed by atoms with Crippen molar-refractivity contribution < 1.29 is 9.15 Å². The number of allylic oxidation sites excluding steroid dienone is 1. The zero-order valence-electron chi connectivity index (χ0n) is 11.8. The lowest BCUT2D eigenvalue weighted by Gasteiger charge is -2.13. The van der Waals surface area contributed by atoms with Crippen LogP contribution in [0.5, 0.6) is 0 Å². The van der Waals surface area contributed by atoms with Crippen LogP contribution in [-0.2, 0) is 4.74 Å². The smallest absolute Gasteiger partial charge is 0.346 e. The molecular formula is C15H18N2O3. The number of nitrogens with two attached hydrogens (primary N) is 1. The molecule has 0 saturated carbocycles. The Kier molecular flexibility index (Phi) is 3.98. The van der Waals surface area contributed by atoms with Crippen molar-refractivity contribution >= 4 is 22.2 Å². The van der Waals surface area contributed by atoms with E-state index in [9.17, 15) is 4.79 Å². The minimum atomic E-state index is -0.437. The van der Waals surface area contributed by atoms with Crippen LogP contribution in [0.4, 0.5) is 5.69 Å². The van der Waals surface area contributed by atoms with Gasteiger partial charge in [0.2, 0.25) is 0 Å².